The minimum absolute atomic E-state index is 0.274. The Morgan fingerprint density at radius 1 is 0.561 bits per heavy atom. The van der Waals surface area contributed by atoms with Gasteiger partial charge in [-0.15, -0.1) is 0 Å². The predicted molar refractivity (Wildman–Crippen MR) is 159 cm³/mol. The number of nitrogens with two attached hydrogens (primary N) is 1. The Morgan fingerprint density at radius 3 is 1.39 bits per heavy atom. The monoisotopic (exact) mass is 553 g/mol. The lowest BCUT2D eigenvalue weighted by Crippen LogP contribution is -2.68. The van der Waals surface area contributed by atoms with Gasteiger partial charge in [0.2, 0.25) is 0 Å². The zero-order chi connectivity index (χ0) is 28.3. The van der Waals surface area contributed by atoms with Crippen molar-refractivity contribution >= 4 is 0 Å². The number of benzene rings is 4. The van der Waals surface area contributed by atoms with Crippen LogP contribution in [0.1, 0.15) is 28.7 Å². The van der Waals surface area contributed by atoms with Gasteiger partial charge in [0.15, 0.2) is 0 Å². The number of aliphatic hydroxyl groups is 1. The summed E-state index contributed by atoms with van der Waals surface area (Å²) in [5, 5.41) is 10.9. The molecule has 0 bridgehead atoms. The molecule has 6 nitrogen and oxygen atoms in total. The molecule has 5 rings (SSSR count). The number of ether oxygens (including phenoxy) is 4. The highest BCUT2D eigenvalue weighted by Gasteiger charge is 2.55. The van der Waals surface area contributed by atoms with Crippen LogP contribution in [-0.4, -0.2) is 41.7 Å². The average Bonchev–Trinajstić information content (AvgIpc) is 3.03. The van der Waals surface area contributed by atoms with Crippen molar-refractivity contribution in [2.24, 2.45) is 5.73 Å². The lowest BCUT2D eigenvalue weighted by atomic mass is 9.75. The maximum Gasteiger partial charge on any atom is 0.122 e. The smallest absolute Gasteiger partial charge is 0.122 e. The van der Waals surface area contributed by atoms with Crippen molar-refractivity contribution in [3.05, 3.63) is 144 Å². The maximum atomic E-state index is 10.9. The summed E-state index contributed by atoms with van der Waals surface area (Å²) in [6, 6.07) is 39.4. The van der Waals surface area contributed by atoms with Crippen molar-refractivity contribution in [3.63, 3.8) is 0 Å². The standard InChI is InChI=1S/C35H39NO5/c36-31-21-35(26-37,41-25-30-19-11-4-12-20-30)34(40-24-29-17-9-3-10-18-29)33(39-23-28-15-7-2-8-16-28)32(31)38-22-27-13-5-1-6-14-27/h1-20,31-34,37H,21-26,36H2. The Labute approximate surface area is 242 Å². The van der Waals surface area contributed by atoms with Crippen LogP contribution in [0.2, 0.25) is 0 Å². The van der Waals surface area contributed by atoms with Crippen molar-refractivity contribution < 1.29 is 24.1 Å². The Morgan fingerprint density at radius 2 is 0.951 bits per heavy atom. The van der Waals surface area contributed by atoms with Gasteiger partial charge in [0, 0.05) is 6.04 Å². The molecule has 5 atom stereocenters. The molecule has 0 saturated heterocycles. The molecule has 0 spiro atoms. The number of hydrogen-bond acceptors (Lipinski definition) is 6. The molecule has 0 aliphatic heterocycles. The normalized spacial score (nSPS) is 24.2. The first-order valence-corrected chi connectivity index (χ1v) is 14.2. The molecule has 3 N–H and O–H groups in total. The first-order chi connectivity index (χ1) is 20.2. The van der Waals surface area contributed by atoms with E-state index in [1.807, 2.05) is 121 Å². The van der Waals surface area contributed by atoms with E-state index in [0.717, 1.165) is 22.3 Å². The Kier molecular flexibility index (Phi) is 10.3. The largest absolute Gasteiger partial charge is 0.393 e. The van der Waals surface area contributed by atoms with Gasteiger partial charge < -0.3 is 29.8 Å². The van der Waals surface area contributed by atoms with E-state index in [1.54, 1.807) is 0 Å². The first-order valence-electron chi connectivity index (χ1n) is 14.2. The van der Waals surface area contributed by atoms with Crippen LogP contribution in [0.25, 0.3) is 0 Å². The third-order valence-electron chi connectivity index (χ3n) is 7.62. The minimum Gasteiger partial charge on any atom is -0.393 e. The van der Waals surface area contributed by atoms with E-state index in [9.17, 15) is 5.11 Å². The third kappa shape index (κ3) is 7.68. The predicted octanol–water partition coefficient (Wildman–Crippen LogP) is 5.42. The average molecular weight is 554 g/mol. The van der Waals surface area contributed by atoms with Crippen LogP contribution in [0.3, 0.4) is 0 Å². The third-order valence-corrected chi connectivity index (χ3v) is 7.62. The summed E-state index contributed by atoms with van der Waals surface area (Å²) in [5.41, 5.74) is 9.82. The van der Waals surface area contributed by atoms with E-state index >= 15 is 0 Å². The van der Waals surface area contributed by atoms with Crippen molar-refractivity contribution in [2.45, 2.75) is 62.8 Å². The Hall–Kier alpha value is -3.36. The summed E-state index contributed by atoms with van der Waals surface area (Å²) >= 11 is 0. The fourth-order valence-electron chi connectivity index (χ4n) is 5.43. The van der Waals surface area contributed by atoms with E-state index in [2.05, 4.69) is 0 Å². The lowest BCUT2D eigenvalue weighted by Gasteiger charge is -2.51. The van der Waals surface area contributed by atoms with E-state index in [4.69, 9.17) is 24.7 Å². The van der Waals surface area contributed by atoms with Crippen molar-refractivity contribution in [1.29, 1.82) is 0 Å². The molecule has 0 amide bonds. The van der Waals surface area contributed by atoms with Crippen LogP contribution in [0.4, 0.5) is 0 Å². The highest BCUT2D eigenvalue weighted by molar-refractivity contribution is 5.18. The van der Waals surface area contributed by atoms with Crippen LogP contribution >= 0.6 is 0 Å². The van der Waals surface area contributed by atoms with Gasteiger partial charge in [-0.05, 0) is 28.7 Å². The summed E-state index contributed by atoms with van der Waals surface area (Å²) < 4.78 is 26.4. The van der Waals surface area contributed by atoms with Crippen molar-refractivity contribution in [3.8, 4) is 0 Å². The van der Waals surface area contributed by atoms with Gasteiger partial charge in [-0.2, -0.15) is 0 Å². The molecular formula is C35H39NO5. The van der Waals surface area contributed by atoms with Crippen LogP contribution in [0.15, 0.2) is 121 Å². The summed E-state index contributed by atoms with van der Waals surface area (Å²) in [4.78, 5) is 0. The molecule has 1 fully saturated rings. The van der Waals surface area contributed by atoms with E-state index < -0.39 is 30.0 Å². The molecule has 214 valence electrons. The zero-order valence-corrected chi connectivity index (χ0v) is 23.3. The van der Waals surface area contributed by atoms with Crippen LogP contribution in [0.5, 0.6) is 0 Å². The fraction of sp³-hybridized carbons (Fsp3) is 0.314. The molecule has 6 heteroatoms. The number of aliphatic hydroxyl groups excluding tert-OH is 1. The van der Waals surface area contributed by atoms with Crippen LogP contribution in [0, 0.1) is 0 Å². The highest BCUT2D eigenvalue weighted by atomic mass is 16.6. The molecule has 1 aliphatic rings. The quantitative estimate of drug-likeness (QED) is 0.230. The highest BCUT2D eigenvalue weighted by Crippen LogP contribution is 2.38. The molecule has 5 unspecified atom stereocenters. The van der Waals surface area contributed by atoms with Gasteiger partial charge in [-0.25, -0.2) is 0 Å². The SMILES string of the molecule is NC1CC(CO)(OCc2ccccc2)C(OCc2ccccc2)C(OCc2ccccc2)C1OCc1ccccc1. The van der Waals surface area contributed by atoms with Gasteiger partial charge in [0.05, 0.1) is 33.0 Å². The molecule has 0 heterocycles. The van der Waals surface area contributed by atoms with Crippen molar-refractivity contribution in [1.82, 2.24) is 0 Å². The second kappa shape index (κ2) is 14.5. The van der Waals surface area contributed by atoms with Crippen LogP contribution < -0.4 is 5.73 Å². The van der Waals surface area contributed by atoms with Gasteiger partial charge in [0.25, 0.3) is 0 Å². The summed E-state index contributed by atoms with van der Waals surface area (Å²) in [5.74, 6) is 0. The first kappa shape index (κ1) is 29.1. The van der Waals surface area contributed by atoms with Crippen molar-refractivity contribution in [2.75, 3.05) is 6.61 Å². The Balaban J connectivity index is 1.46. The molecule has 4 aromatic carbocycles. The number of rotatable bonds is 13. The van der Waals surface area contributed by atoms with Gasteiger partial charge in [-0.3, -0.25) is 0 Å². The molecule has 0 aromatic heterocycles. The zero-order valence-electron chi connectivity index (χ0n) is 23.3. The summed E-state index contributed by atoms with van der Waals surface area (Å²) in [6.45, 7) is 1.08. The molecule has 4 aromatic rings. The second-order valence-corrected chi connectivity index (χ2v) is 10.6. The van der Waals surface area contributed by atoms with E-state index in [-0.39, 0.29) is 6.61 Å². The molecular weight excluding hydrogens is 514 g/mol. The number of hydrogen-bond donors (Lipinski definition) is 2. The van der Waals surface area contributed by atoms with E-state index in [0.29, 0.717) is 32.8 Å². The summed E-state index contributed by atoms with van der Waals surface area (Å²) in [6.07, 6.45) is -1.39. The van der Waals surface area contributed by atoms with Crippen LogP contribution in [-0.2, 0) is 45.4 Å². The Bertz CT molecular complexity index is 1290. The fourth-order valence-corrected chi connectivity index (χ4v) is 5.43. The van der Waals surface area contributed by atoms with E-state index in [1.165, 1.54) is 0 Å². The lowest BCUT2D eigenvalue weighted by molar-refractivity contribution is -0.266. The minimum atomic E-state index is -1.10. The molecule has 1 saturated carbocycles. The van der Waals surface area contributed by atoms with Gasteiger partial charge in [-0.1, -0.05) is 121 Å². The molecule has 1 aliphatic carbocycles. The molecule has 0 radical (unpaired) electrons. The van der Waals surface area contributed by atoms with Gasteiger partial charge >= 0.3 is 0 Å². The van der Waals surface area contributed by atoms with Gasteiger partial charge in [0.1, 0.15) is 23.9 Å². The summed E-state index contributed by atoms with van der Waals surface area (Å²) in [7, 11) is 0. The topological polar surface area (TPSA) is 83.2 Å². The maximum absolute atomic E-state index is 10.9. The second-order valence-electron chi connectivity index (χ2n) is 10.6. The molecule has 41 heavy (non-hydrogen) atoms.